The van der Waals surface area contributed by atoms with Crippen LogP contribution in [0.2, 0.25) is 0 Å². The standard InChI is InChI=1S/C21H20F2N2O2S/c1-4-6-17-19(14-11-13(27-3)10-9-12(14)2)28-21(24-17)20(26)25-18-15(22)7-5-8-16(18)23/h5,7-11H,4,6H2,1-3H3,(H,25,26). The maximum Gasteiger partial charge on any atom is 0.284 e. The number of carbonyl (C=O) groups is 1. The van der Waals surface area contributed by atoms with Gasteiger partial charge in [-0.15, -0.1) is 11.3 Å². The number of thiazole rings is 1. The Balaban J connectivity index is 2.00. The van der Waals surface area contributed by atoms with E-state index in [0.717, 1.165) is 40.3 Å². The summed E-state index contributed by atoms with van der Waals surface area (Å²) in [6.45, 7) is 3.99. The summed E-state index contributed by atoms with van der Waals surface area (Å²) < 4.78 is 33.0. The lowest BCUT2D eigenvalue weighted by Crippen LogP contribution is -2.14. The number of para-hydroxylation sites is 1. The van der Waals surface area contributed by atoms with Gasteiger partial charge in [0.25, 0.3) is 5.91 Å². The fourth-order valence-electron chi connectivity index (χ4n) is 2.82. The number of nitrogens with one attached hydrogen (secondary N) is 1. The van der Waals surface area contributed by atoms with E-state index in [-0.39, 0.29) is 5.01 Å². The summed E-state index contributed by atoms with van der Waals surface area (Å²) in [6, 6.07) is 9.14. The molecule has 1 aromatic heterocycles. The Bertz CT molecular complexity index is 997. The zero-order chi connectivity index (χ0) is 20.3. The van der Waals surface area contributed by atoms with E-state index in [1.807, 2.05) is 32.0 Å². The lowest BCUT2D eigenvalue weighted by atomic mass is 10.0. The van der Waals surface area contributed by atoms with Gasteiger partial charge in [0.15, 0.2) is 5.01 Å². The summed E-state index contributed by atoms with van der Waals surface area (Å²) in [7, 11) is 1.59. The molecule has 0 radical (unpaired) electrons. The van der Waals surface area contributed by atoms with Crippen LogP contribution in [0.4, 0.5) is 14.5 Å². The first-order valence-corrected chi connectivity index (χ1v) is 9.66. The molecule has 2 aromatic carbocycles. The van der Waals surface area contributed by atoms with Crippen LogP contribution in [0, 0.1) is 18.6 Å². The van der Waals surface area contributed by atoms with E-state index in [1.54, 1.807) is 7.11 Å². The number of methoxy groups -OCH3 is 1. The fraction of sp³-hybridized carbons (Fsp3) is 0.238. The van der Waals surface area contributed by atoms with Crippen LogP contribution in [-0.2, 0) is 6.42 Å². The molecule has 0 saturated heterocycles. The molecule has 7 heteroatoms. The zero-order valence-electron chi connectivity index (χ0n) is 15.8. The fourth-order valence-corrected chi connectivity index (χ4v) is 3.91. The van der Waals surface area contributed by atoms with Crippen LogP contribution in [0.15, 0.2) is 36.4 Å². The summed E-state index contributed by atoms with van der Waals surface area (Å²) in [4.78, 5) is 17.9. The molecule has 0 bridgehead atoms. The van der Waals surface area contributed by atoms with Crippen LogP contribution in [-0.4, -0.2) is 18.0 Å². The van der Waals surface area contributed by atoms with E-state index in [0.29, 0.717) is 12.2 Å². The van der Waals surface area contributed by atoms with Crippen molar-refractivity contribution < 1.29 is 18.3 Å². The second kappa shape index (κ2) is 8.48. The second-order valence-electron chi connectivity index (χ2n) is 6.28. The SMILES string of the molecule is CCCc1nc(C(=O)Nc2c(F)cccc2F)sc1-c1cc(OC)ccc1C. The number of carbonyl (C=O) groups excluding carboxylic acids is 1. The molecule has 1 heterocycles. The topological polar surface area (TPSA) is 51.2 Å². The van der Waals surface area contributed by atoms with Crippen molar-refractivity contribution in [1.29, 1.82) is 0 Å². The summed E-state index contributed by atoms with van der Waals surface area (Å²) in [5, 5.41) is 2.46. The highest BCUT2D eigenvalue weighted by atomic mass is 32.1. The van der Waals surface area contributed by atoms with E-state index < -0.39 is 23.2 Å². The number of amides is 1. The Morgan fingerprint density at radius 1 is 1.21 bits per heavy atom. The van der Waals surface area contributed by atoms with E-state index in [2.05, 4.69) is 10.3 Å². The summed E-state index contributed by atoms with van der Waals surface area (Å²) in [5.41, 5.74) is 2.26. The highest BCUT2D eigenvalue weighted by molar-refractivity contribution is 7.17. The molecule has 146 valence electrons. The predicted molar refractivity (Wildman–Crippen MR) is 107 cm³/mol. The molecule has 28 heavy (non-hydrogen) atoms. The van der Waals surface area contributed by atoms with Crippen molar-refractivity contribution in [1.82, 2.24) is 4.98 Å². The Morgan fingerprint density at radius 2 is 1.93 bits per heavy atom. The molecule has 0 spiro atoms. The molecule has 0 fully saturated rings. The van der Waals surface area contributed by atoms with Gasteiger partial charge in [0.2, 0.25) is 0 Å². The molecule has 3 aromatic rings. The number of aromatic nitrogens is 1. The van der Waals surface area contributed by atoms with Gasteiger partial charge in [-0.3, -0.25) is 4.79 Å². The van der Waals surface area contributed by atoms with Gasteiger partial charge in [-0.05, 0) is 43.2 Å². The van der Waals surface area contributed by atoms with Gasteiger partial charge in [-0.1, -0.05) is 25.5 Å². The first-order valence-electron chi connectivity index (χ1n) is 8.84. The van der Waals surface area contributed by atoms with Crippen LogP contribution in [0.5, 0.6) is 5.75 Å². The van der Waals surface area contributed by atoms with E-state index in [4.69, 9.17) is 4.74 Å². The number of hydrogen-bond donors (Lipinski definition) is 1. The van der Waals surface area contributed by atoms with Crippen LogP contribution in [0.1, 0.15) is 34.4 Å². The smallest absolute Gasteiger partial charge is 0.284 e. The third-order valence-corrected chi connectivity index (χ3v) is 5.40. The Hall–Kier alpha value is -2.80. The van der Waals surface area contributed by atoms with Crippen molar-refractivity contribution in [2.45, 2.75) is 26.7 Å². The monoisotopic (exact) mass is 402 g/mol. The van der Waals surface area contributed by atoms with Crippen molar-refractivity contribution in [2.24, 2.45) is 0 Å². The normalized spacial score (nSPS) is 10.8. The molecule has 1 amide bonds. The third kappa shape index (κ3) is 4.04. The number of aryl methyl sites for hydroxylation is 2. The molecule has 4 nitrogen and oxygen atoms in total. The quantitative estimate of drug-likeness (QED) is 0.583. The first kappa shape index (κ1) is 19.9. The van der Waals surface area contributed by atoms with Gasteiger partial charge in [-0.25, -0.2) is 13.8 Å². The second-order valence-corrected chi connectivity index (χ2v) is 7.28. The summed E-state index contributed by atoms with van der Waals surface area (Å²) >= 11 is 1.20. The molecule has 0 unspecified atom stereocenters. The number of hydrogen-bond acceptors (Lipinski definition) is 4. The lowest BCUT2D eigenvalue weighted by Gasteiger charge is -2.08. The zero-order valence-corrected chi connectivity index (χ0v) is 16.6. The molecule has 0 saturated carbocycles. The minimum Gasteiger partial charge on any atom is -0.497 e. The molecule has 0 aliphatic heterocycles. The number of benzene rings is 2. The highest BCUT2D eigenvalue weighted by Gasteiger charge is 2.21. The van der Waals surface area contributed by atoms with Gasteiger partial charge in [-0.2, -0.15) is 0 Å². The number of rotatable bonds is 6. The molecular formula is C21H20F2N2O2S. The van der Waals surface area contributed by atoms with E-state index in [9.17, 15) is 13.6 Å². The van der Waals surface area contributed by atoms with Gasteiger partial charge >= 0.3 is 0 Å². The Kier molecular flexibility index (Phi) is 6.04. The number of ether oxygens (including phenoxy) is 1. The number of anilines is 1. The van der Waals surface area contributed by atoms with E-state index >= 15 is 0 Å². The average molecular weight is 402 g/mol. The summed E-state index contributed by atoms with van der Waals surface area (Å²) in [6.07, 6.45) is 1.53. The average Bonchev–Trinajstić information content (AvgIpc) is 3.09. The van der Waals surface area contributed by atoms with Crippen LogP contribution in [0.3, 0.4) is 0 Å². The third-order valence-electron chi connectivity index (χ3n) is 4.27. The maximum atomic E-state index is 13.8. The molecule has 3 rings (SSSR count). The van der Waals surface area contributed by atoms with Crippen molar-refractivity contribution >= 4 is 22.9 Å². The Labute approximate surface area is 166 Å². The minimum absolute atomic E-state index is 0.156. The molecule has 0 atom stereocenters. The number of nitrogens with zero attached hydrogens (tertiary/aromatic N) is 1. The van der Waals surface area contributed by atoms with Crippen LogP contribution < -0.4 is 10.1 Å². The van der Waals surface area contributed by atoms with Gasteiger partial charge in [0.05, 0.1) is 17.7 Å². The molecular weight excluding hydrogens is 382 g/mol. The molecule has 1 N–H and O–H groups in total. The van der Waals surface area contributed by atoms with Gasteiger partial charge < -0.3 is 10.1 Å². The van der Waals surface area contributed by atoms with Crippen molar-refractivity contribution in [3.63, 3.8) is 0 Å². The molecule has 0 aliphatic rings. The number of halogens is 2. The van der Waals surface area contributed by atoms with Gasteiger partial charge in [0.1, 0.15) is 23.1 Å². The lowest BCUT2D eigenvalue weighted by molar-refractivity contribution is 0.102. The van der Waals surface area contributed by atoms with Crippen molar-refractivity contribution in [3.8, 4) is 16.2 Å². The molecule has 0 aliphatic carbocycles. The minimum atomic E-state index is -0.831. The van der Waals surface area contributed by atoms with Crippen LogP contribution in [0.25, 0.3) is 10.4 Å². The van der Waals surface area contributed by atoms with Gasteiger partial charge in [0, 0.05) is 5.56 Å². The highest BCUT2D eigenvalue weighted by Crippen LogP contribution is 2.36. The largest absolute Gasteiger partial charge is 0.497 e. The summed E-state index contributed by atoms with van der Waals surface area (Å²) in [5.74, 6) is -1.60. The first-order chi connectivity index (χ1) is 13.4. The van der Waals surface area contributed by atoms with Crippen molar-refractivity contribution in [3.05, 3.63) is 64.3 Å². The predicted octanol–water partition coefficient (Wildman–Crippen LogP) is 5.61. The van der Waals surface area contributed by atoms with E-state index in [1.165, 1.54) is 17.4 Å². The van der Waals surface area contributed by atoms with Crippen molar-refractivity contribution in [2.75, 3.05) is 12.4 Å². The van der Waals surface area contributed by atoms with Crippen LogP contribution >= 0.6 is 11.3 Å². The Morgan fingerprint density at radius 3 is 2.57 bits per heavy atom. The maximum absolute atomic E-state index is 13.8.